The topological polar surface area (TPSA) is 61.3 Å². The molecule has 1 aromatic rings. The van der Waals surface area contributed by atoms with Gasteiger partial charge in [0.1, 0.15) is 5.75 Å². The predicted molar refractivity (Wildman–Crippen MR) is 69.9 cm³/mol. The van der Waals surface area contributed by atoms with Crippen molar-refractivity contribution < 1.29 is 4.74 Å². The van der Waals surface area contributed by atoms with Crippen LogP contribution in [-0.2, 0) is 0 Å². The minimum atomic E-state index is 0.0561. The highest BCUT2D eigenvalue weighted by molar-refractivity contribution is 5.31. The fourth-order valence-corrected chi connectivity index (χ4v) is 2.18. The molecule has 0 saturated heterocycles. The maximum atomic E-state index is 6.28. The first-order chi connectivity index (χ1) is 8.07. The van der Waals surface area contributed by atoms with E-state index in [1.54, 1.807) is 0 Å². The molecule has 0 aromatic heterocycles. The summed E-state index contributed by atoms with van der Waals surface area (Å²) < 4.78 is 5.61. The Labute approximate surface area is 103 Å². The first-order valence-corrected chi connectivity index (χ1v) is 6.30. The lowest BCUT2D eigenvalue weighted by molar-refractivity contribution is 0.242. The summed E-state index contributed by atoms with van der Waals surface area (Å²) in [5.41, 5.74) is 13.4. The Morgan fingerprint density at radius 1 is 1.24 bits per heavy atom. The lowest BCUT2D eigenvalue weighted by Gasteiger charge is -2.22. The fourth-order valence-electron chi connectivity index (χ4n) is 2.18. The molecule has 1 atom stereocenters. The summed E-state index contributed by atoms with van der Waals surface area (Å²) in [6.07, 6.45) is 2.50. The second-order valence-electron chi connectivity index (χ2n) is 5.28. The van der Waals surface area contributed by atoms with Crippen LogP contribution < -0.4 is 16.2 Å². The van der Waals surface area contributed by atoms with Gasteiger partial charge in [-0.1, -0.05) is 12.1 Å². The van der Waals surface area contributed by atoms with Gasteiger partial charge >= 0.3 is 0 Å². The minimum Gasteiger partial charge on any atom is -0.491 e. The lowest BCUT2D eigenvalue weighted by Crippen LogP contribution is -2.29. The van der Waals surface area contributed by atoms with Gasteiger partial charge in [0, 0.05) is 11.5 Å². The number of nitrogens with two attached hydrogens (primary N) is 2. The van der Waals surface area contributed by atoms with Crippen molar-refractivity contribution in [2.75, 3.05) is 6.54 Å². The third-order valence-electron chi connectivity index (χ3n) is 3.57. The van der Waals surface area contributed by atoms with Crippen molar-refractivity contribution in [3.63, 3.8) is 0 Å². The van der Waals surface area contributed by atoms with Crippen LogP contribution in [0.4, 0.5) is 0 Å². The Hall–Kier alpha value is -1.06. The number of rotatable bonds is 5. The molecule has 1 saturated carbocycles. The minimum absolute atomic E-state index is 0.0561. The van der Waals surface area contributed by atoms with Crippen LogP contribution >= 0.6 is 0 Å². The van der Waals surface area contributed by atoms with E-state index in [2.05, 4.69) is 12.1 Å². The molecule has 0 aliphatic heterocycles. The van der Waals surface area contributed by atoms with Gasteiger partial charge in [-0.15, -0.1) is 0 Å². The summed E-state index contributed by atoms with van der Waals surface area (Å²) in [6.45, 7) is 4.72. The largest absolute Gasteiger partial charge is 0.491 e. The molecule has 2 rings (SSSR count). The van der Waals surface area contributed by atoms with Crippen LogP contribution in [0.25, 0.3) is 0 Å². The van der Waals surface area contributed by atoms with Crippen LogP contribution in [0.15, 0.2) is 24.3 Å². The fraction of sp³-hybridized carbons (Fsp3) is 0.571. The highest BCUT2D eigenvalue weighted by Gasteiger charge is 2.47. The van der Waals surface area contributed by atoms with Crippen molar-refractivity contribution in [2.24, 2.45) is 16.9 Å². The van der Waals surface area contributed by atoms with Crippen LogP contribution in [0.3, 0.4) is 0 Å². The van der Waals surface area contributed by atoms with Gasteiger partial charge in [0.25, 0.3) is 0 Å². The van der Waals surface area contributed by atoms with Crippen molar-refractivity contribution in [1.29, 1.82) is 0 Å². The van der Waals surface area contributed by atoms with Crippen molar-refractivity contribution >= 4 is 0 Å². The monoisotopic (exact) mass is 234 g/mol. The maximum Gasteiger partial charge on any atom is 0.119 e. The number of hydrogen-bond donors (Lipinski definition) is 2. The van der Waals surface area contributed by atoms with E-state index >= 15 is 0 Å². The van der Waals surface area contributed by atoms with E-state index in [9.17, 15) is 0 Å². The summed E-state index contributed by atoms with van der Waals surface area (Å²) in [5, 5.41) is 0. The molecule has 1 aliphatic carbocycles. The van der Waals surface area contributed by atoms with E-state index in [1.807, 2.05) is 26.0 Å². The van der Waals surface area contributed by atoms with E-state index in [4.69, 9.17) is 16.2 Å². The molecule has 1 aromatic carbocycles. The van der Waals surface area contributed by atoms with Gasteiger partial charge in [0.2, 0.25) is 0 Å². The van der Waals surface area contributed by atoms with E-state index < -0.39 is 0 Å². The molecule has 0 bridgehead atoms. The van der Waals surface area contributed by atoms with Crippen molar-refractivity contribution in [3.05, 3.63) is 29.8 Å². The van der Waals surface area contributed by atoms with Gasteiger partial charge in [0.05, 0.1) is 6.10 Å². The zero-order chi connectivity index (χ0) is 12.5. The van der Waals surface area contributed by atoms with Gasteiger partial charge in [-0.25, -0.2) is 0 Å². The highest BCUT2D eigenvalue weighted by atomic mass is 16.5. The summed E-state index contributed by atoms with van der Waals surface area (Å²) in [4.78, 5) is 0. The Morgan fingerprint density at radius 2 is 1.82 bits per heavy atom. The number of benzene rings is 1. The van der Waals surface area contributed by atoms with E-state index in [0.29, 0.717) is 6.54 Å². The second-order valence-corrected chi connectivity index (χ2v) is 5.28. The standard InChI is InChI=1S/C14H22N2O/c1-10(2)17-12-5-3-11(4-6-12)13(16)14(9-15)7-8-14/h3-6,10,13H,7-9,15-16H2,1-2H3. The summed E-state index contributed by atoms with van der Waals surface area (Å²) in [7, 11) is 0. The molecule has 1 aliphatic rings. The van der Waals surface area contributed by atoms with Crippen molar-refractivity contribution in [3.8, 4) is 5.75 Å². The molecule has 0 amide bonds. The van der Waals surface area contributed by atoms with Gasteiger partial charge in [-0.05, 0) is 50.9 Å². The van der Waals surface area contributed by atoms with Crippen molar-refractivity contribution in [1.82, 2.24) is 0 Å². The number of hydrogen-bond acceptors (Lipinski definition) is 3. The molecule has 0 spiro atoms. The van der Waals surface area contributed by atoms with Crippen molar-refractivity contribution in [2.45, 2.75) is 38.8 Å². The quantitative estimate of drug-likeness (QED) is 0.821. The average molecular weight is 234 g/mol. The Bertz CT molecular complexity index is 368. The van der Waals surface area contributed by atoms with Crippen LogP contribution in [0, 0.1) is 5.41 Å². The van der Waals surface area contributed by atoms with Crippen LogP contribution in [0.1, 0.15) is 38.3 Å². The van der Waals surface area contributed by atoms with Gasteiger partial charge < -0.3 is 16.2 Å². The van der Waals surface area contributed by atoms with Gasteiger partial charge in [0.15, 0.2) is 0 Å². The SMILES string of the molecule is CC(C)Oc1ccc(C(N)C2(CN)CC2)cc1. The Kier molecular flexibility index (Phi) is 3.40. The Balaban J connectivity index is 2.07. The first kappa shape index (κ1) is 12.4. The molecule has 4 N–H and O–H groups in total. The third-order valence-corrected chi connectivity index (χ3v) is 3.57. The van der Waals surface area contributed by atoms with Crippen LogP contribution in [-0.4, -0.2) is 12.6 Å². The third kappa shape index (κ3) is 2.61. The normalized spacial score (nSPS) is 19.1. The molecular weight excluding hydrogens is 212 g/mol. The molecule has 3 heteroatoms. The van der Waals surface area contributed by atoms with E-state index in [0.717, 1.165) is 24.2 Å². The lowest BCUT2D eigenvalue weighted by atomic mass is 9.91. The van der Waals surface area contributed by atoms with E-state index in [1.165, 1.54) is 0 Å². The molecule has 0 heterocycles. The highest BCUT2D eigenvalue weighted by Crippen LogP contribution is 2.52. The zero-order valence-electron chi connectivity index (χ0n) is 10.6. The summed E-state index contributed by atoms with van der Waals surface area (Å²) in [5.74, 6) is 0.897. The molecule has 3 nitrogen and oxygen atoms in total. The Morgan fingerprint density at radius 3 is 2.24 bits per heavy atom. The maximum absolute atomic E-state index is 6.28. The first-order valence-electron chi connectivity index (χ1n) is 6.30. The molecule has 1 fully saturated rings. The van der Waals surface area contributed by atoms with Gasteiger partial charge in [-0.2, -0.15) is 0 Å². The van der Waals surface area contributed by atoms with E-state index in [-0.39, 0.29) is 17.6 Å². The average Bonchev–Trinajstić information content (AvgIpc) is 3.09. The molecular formula is C14H22N2O. The molecule has 1 unspecified atom stereocenters. The smallest absolute Gasteiger partial charge is 0.119 e. The van der Waals surface area contributed by atoms with Crippen LogP contribution in [0.5, 0.6) is 5.75 Å². The molecule has 17 heavy (non-hydrogen) atoms. The summed E-state index contributed by atoms with van der Waals surface area (Å²) >= 11 is 0. The van der Waals surface area contributed by atoms with Crippen LogP contribution in [0.2, 0.25) is 0 Å². The molecule has 0 radical (unpaired) electrons. The predicted octanol–water partition coefficient (Wildman–Crippen LogP) is 2.21. The summed E-state index contributed by atoms with van der Waals surface area (Å²) in [6, 6.07) is 8.14. The second kappa shape index (κ2) is 4.67. The zero-order valence-corrected chi connectivity index (χ0v) is 10.6. The molecule has 94 valence electrons. The number of ether oxygens (including phenoxy) is 1. The van der Waals surface area contributed by atoms with Gasteiger partial charge in [-0.3, -0.25) is 0 Å².